The number of para-hydroxylation sites is 2. The number of rotatable bonds is 9. The summed E-state index contributed by atoms with van der Waals surface area (Å²) >= 11 is 1.64. The summed E-state index contributed by atoms with van der Waals surface area (Å²) in [5.41, 5.74) is 0.486. The van der Waals surface area contributed by atoms with Crippen LogP contribution in [-0.2, 0) is 4.79 Å². The molecular weight excluding hydrogens is 326 g/mol. The SMILES string of the molecule is O=C(CCSc1ccccc1)NCCNc1ccccc1[N+](=O)[O-]. The normalized spacial score (nSPS) is 10.2. The van der Waals surface area contributed by atoms with E-state index in [0.717, 1.165) is 4.90 Å². The van der Waals surface area contributed by atoms with Crippen LogP contribution >= 0.6 is 11.8 Å². The number of carbonyl (C=O) groups is 1. The molecule has 0 saturated heterocycles. The van der Waals surface area contributed by atoms with Gasteiger partial charge >= 0.3 is 0 Å². The number of hydrogen-bond donors (Lipinski definition) is 2. The topological polar surface area (TPSA) is 84.3 Å². The molecule has 2 aromatic rings. The summed E-state index contributed by atoms with van der Waals surface area (Å²) in [6, 6.07) is 16.4. The van der Waals surface area contributed by atoms with Crippen LogP contribution in [0.2, 0.25) is 0 Å². The number of benzene rings is 2. The van der Waals surface area contributed by atoms with Crippen LogP contribution in [0.25, 0.3) is 0 Å². The predicted molar refractivity (Wildman–Crippen MR) is 96.4 cm³/mol. The highest BCUT2D eigenvalue weighted by atomic mass is 32.2. The zero-order chi connectivity index (χ0) is 17.2. The largest absolute Gasteiger partial charge is 0.378 e. The minimum absolute atomic E-state index is 0.0252. The van der Waals surface area contributed by atoms with Crippen molar-refractivity contribution in [2.75, 3.05) is 24.2 Å². The molecular formula is C17H19N3O3S. The number of carbonyl (C=O) groups excluding carboxylic acids is 1. The molecule has 0 atom stereocenters. The van der Waals surface area contributed by atoms with Crippen molar-refractivity contribution in [1.82, 2.24) is 5.32 Å². The highest BCUT2D eigenvalue weighted by molar-refractivity contribution is 7.99. The molecule has 24 heavy (non-hydrogen) atoms. The van der Waals surface area contributed by atoms with E-state index < -0.39 is 4.92 Å². The van der Waals surface area contributed by atoms with Gasteiger partial charge in [0.15, 0.2) is 0 Å². The summed E-state index contributed by atoms with van der Waals surface area (Å²) in [4.78, 5) is 23.4. The lowest BCUT2D eigenvalue weighted by Gasteiger charge is -2.08. The minimum Gasteiger partial charge on any atom is -0.378 e. The van der Waals surface area contributed by atoms with E-state index in [-0.39, 0.29) is 11.6 Å². The van der Waals surface area contributed by atoms with E-state index in [2.05, 4.69) is 10.6 Å². The molecule has 6 nitrogen and oxygen atoms in total. The quantitative estimate of drug-likeness (QED) is 0.315. The van der Waals surface area contributed by atoms with Crippen molar-refractivity contribution in [1.29, 1.82) is 0 Å². The Kier molecular flexibility index (Phi) is 7.10. The van der Waals surface area contributed by atoms with Gasteiger partial charge in [-0.05, 0) is 18.2 Å². The second-order valence-electron chi connectivity index (χ2n) is 4.96. The molecule has 2 N–H and O–H groups in total. The third kappa shape index (κ3) is 5.92. The molecule has 0 heterocycles. The smallest absolute Gasteiger partial charge is 0.292 e. The number of amides is 1. The number of thioether (sulfide) groups is 1. The first-order chi connectivity index (χ1) is 11.7. The van der Waals surface area contributed by atoms with Crippen molar-refractivity contribution in [2.24, 2.45) is 0 Å². The molecule has 0 saturated carbocycles. The van der Waals surface area contributed by atoms with Crippen molar-refractivity contribution in [3.05, 3.63) is 64.7 Å². The van der Waals surface area contributed by atoms with Crippen LogP contribution in [0.4, 0.5) is 11.4 Å². The van der Waals surface area contributed by atoms with Gasteiger partial charge in [0, 0.05) is 36.2 Å². The Hall–Kier alpha value is -2.54. The Labute approximate surface area is 144 Å². The standard InChI is InChI=1S/C17H19N3O3S/c21-17(10-13-24-14-6-2-1-3-7-14)19-12-11-18-15-8-4-5-9-16(15)20(22)23/h1-9,18H,10-13H2,(H,19,21). The fraction of sp³-hybridized carbons (Fsp3) is 0.235. The Balaban J connectivity index is 1.64. The number of nitrogens with zero attached hydrogens (tertiary/aromatic N) is 1. The van der Waals surface area contributed by atoms with Crippen molar-refractivity contribution in [3.63, 3.8) is 0 Å². The van der Waals surface area contributed by atoms with Gasteiger partial charge in [0.2, 0.25) is 5.91 Å². The fourth-order valence-corrected chi connectivity index (χ4v) is 2.92. The third-order valence-corrected chi connectivity index (χ3v) is 4.22. The molecule has 0 bridgehead atoms. The average molecular weight is 345 g/mol. The first kappa shape index (κ1) is 17.8. The molecule has 0 aliphatic rings. The maximum atomic E-state index is 11.8. The highest BCUT2D eigenvalue weighted by Crippen LogP contribution is 2.22. The van der Waals surface area contributed by atoms with Gasteiger partial charge in [-0.25, -0.2) is 0 Å². The molecule has 0 radical (unpaired) electrons. The van der Waals surface area contributed by atoms with Gasteiger partial charge < -0.3 is 10.6 Å². The van der Waals surface area contributed by atoms with Gasteiger partial charge in [-0.2, -0.15) is 0 Å². The van der Waals surface area contributed by atoms with E-state index >= 15 is 0 Å². The maximum Gasteiger partial charge on any atom is 0.292 e. The Bertz CT molecular complexity index is 680. The average Bonchev–Trinajstić information content (AvgIpc) is 2.60. The van der Waals surface area contributed by atoms with E-state index in [1.807, 2.05) is 30.3 Å². The number of hydrogen-bond acceptors (Lipinski definition) is 5. The van der Waals surface area contributed by atoms with Crippen LogP contribution in [0, 0.1) is 10.1 Å². The van der Waals surface area contributed by atoms with Gasteiger partial charge in [-0.3, -0.25) is 14.9 Å². The molecule has 0 spiro atoms. The summed E-state index contributed by atoms with van der Waals surface area (Å²) in [7, 11) is 0. The molecule has 126 valence electrons. The monoisotopic (exact) mass is 345 g/mol. The summed E-state index contributed by atoms with van der Waals surface area (Å²) in [6.45, 7) is 0.851. The van der Waals surface area contributed by atoms with E-state index in [9.17, 15) is 14.9 Å². The van der Waals surface area contributed by atoms with Crippen LogP contribution in [0.15, 0.2) is 59.5 Å². The lowest BCUT2D eigenvalue weighted by Crippen LogP contribution is -2.29. The lowest BCUT2D eigenvalue weighted by atomic mass is 10.2. The zero-order valence-corrected chi connectivity index (χ0v) is 13.9. The fourth-order valence-electron chi connectivity index (χ4n) is 2.05. The Morgan fingerprint density at radius 3 is 2.50 bits per heavy atom. The predicted octanol–water partition coefficient (Wildman–Crippen LogP) is 3.31. The highest BCUT2D eigenvalue weighted by Gasteiger charge is 2.11. The van der Waals surface area contributed by atoms with E-state index in [4.69, 9.17) is 0 Å². The molecule has 0 aliphatic heterocycles. The first-order valence-corrected chi connectivity index (χ1v) is 8.57. The second kappa shape index (κ2) is 9.57. The van der Waals surface area contributed by atoms with Crippen LogP contribution in [0.1, 0.15) is 6.42 Å². The minimum atomic E-state index is -0.429. The van der Waals surface area contributed by atoms with Crippen molar-refractivity contribution < 1.29 is 9.72 Å². The number of nitro groups is 1. The van der Waals surface area contributed by atoms with Gasteiger partial charge in [0.05, 0.1) is 4.92 Å². The van der Waals surface area contributed by atoms with Crippen LogP contribution in [-0.4, -0.2) is 29.7 Å². The van der Waals surface area contributed by atoms with E-state index in [1.54, 1.807) is 30.0 Å². The van der Waals surface area contributed by atoms with Crippen LogP contribution < -0.4 is 10.6 Å². The number of nitrogens with one attached hydrogen (secondary N) is 2. The Morgan fingerprint density at radius 1 is 1.04 bits per heavy atom. The molecule has 7 heteroatoms. The third-order valence-electron chi connectivity index (χ3n) is 3.20. The van der Waals surface area contributed by atoms with E-state index in [1.165, 1.54) is 6.07 Å². The summed E-state index contributed by atoms with van der Waals surface area (Å²) in [6.07, 6.45) is 0.436. The van der Waals surface area contributed by atoms with Gasteiger partial charge in [-0.15, -0.1) is 11.8 Å². The zero-order valence-electron chi connectivity index (χ0n) is 13.1. The number of anilines is 1. The summed E-state index contributed by atoms with van der Waals surface area (Å²) in [5, 5.41) is 16.7. The van der Waals surface area contributed by atoms with Crippen LogP contribution in [0.5, 0.6) is 0 Å². The molecule has 1 amide bonds. The Morgan fingerprint density at radius 2 is 1.75 bits per heavy atom. The van der Waals surface area contributed by atoms with Gasteiger partial charge in [0.25, 0.3) is 5.69 Å². The van der Waals surface area contributed by atoms with Crippen molar-refractivity contribution in [3.8, 4) is 0 Å². The van der Waals surface area contributed by atoms with Crippen LogP contribution in [0.3, 0.4) is 0 Å². The molecule has 2 aromatic carbocycles. The number of nitro benzene ring substituents is 1. The summed E-state index contributed by atoms with van der Waals surface area (Å²) in [5.74, 6) is 0.691. The van der Waals surface area contributed by atoms with Crippen molar-refractivity contribution in [2.45, 2.75) is 11.3 Å². The first-order valence-electron chi connectivity index (χ1n) is 7.58. The molecule has 0 aromatic heterocycles. The van der Waals surface area contributed by atoms with Gasteiger partial charge in [0.1, 0.15) is 5.69 Å². The second-order valence-corrected chi connectivity index (χ2v) is 6.13. The molecule has 0 aliphatic carbocycles. The molecule has 2 rings (SSSR count). The summed E-state index contributed by atoms with van der Waals surface area (Å²) < 4.78 is 0. The van der Waals surface area contributed by atoms with Gasteiger partial charge in [-0.1, -0.05) is 30.3 Å². The maximum absolute atomic E-state index is 11.8. The van der Waals surface area contributed by atoms with Crippen molar-refractivity contribution >= 4 is 29.0 Å². The lowest BCUT2D eigenvalue weighted by molar-refractivity contribution is -0.384. The molecule has 0 unspecified atom stereocenters. The van der Waals surface area contributed by atoms with E-state index in [0.29, 0.717) is 31.0 Å². The molecule has 0 fully saturated rings.